The molecule has 0 atom stereocenters. The molecule has 0 radical (unpaired) electrons. The van der Waals surface area contributed by atoms with E-state index in [4.69, 9.17) is 11.6 Å². The highest BCUT2D eigenvalue weighted by Crippen LogP contribution is 2.36. The molecular weight excluding hydrogens is 324 g/mol. The van der Waals surface area contributed by atoms with Crippen LogP contribution in [0.4, 0.5) is 0 Å². The first-order valence-corrected chi connectivity index (χ1v) is 7.84. The van der Waals surface area contributed by atoms with Gasteiger partial charge < -0.3 is 10.1 Å². The molecule has 0 unspecified atom stereocenters. The van der Waals surface area contributed by atoms with E-state index >= 15 is 0 Å². The summed E-state index contributed by atoms with van der Waals surface area (Å²) in [4.78, 5) is 19.4. The van der Waals surface area contributed by atoms with E-state index in [0.717, 1.165) is 27.4 Å². The Morgan fingerprint density at radius 3 is 2.62 bits per heavy atom. The lowest BCUT2D eigenvalue weighted by atomic mass is 10.0. The molecule has 118 valence electrons. The maximum absolute atomic E-state index is 11.7. The van der Waals surface area contributed by atoms with Crippen molar-refractivity contribution in [1.29, 1.82) is 0 Å². The van der Waals surface area contributed by atoms with Crippen molar-refractivity contribution >= 4 is 39.4 Å². The zero-order valence-electron chi connectivity index (χ0n) is 12.8. The molecule has 2 aromatic heterocycles. The molecule has 0 bridgehead atoms. The third-order valence-corrected chi connectivity index (χ3v) is 4.44. The van der Waals surface area contributed by atoms with Gasteiger partial charge in [0.05, 0.1) is 11.2 Å². The van der Waals surface area contributed by atoms with Crippen LogP contribution in [0.3, 0.4) is 0 Å². The Morgan fingerprint density at radius 1 is 1.17 bits per heavy atom. The molecule has 0 saturated heterocycles. The first kappa shape index (κ1) is 14.7. The molecule has 0 aliphatic heterocycles. The molecule has 4 nitrogen and oxygen atoms in total. The lowest BCUT2D eigenvalue weighted by Gasteiger charge is -2.08. The number of aromatic carboxylic acids is 1. The van der Waals surface area contributed by atoms with Gasteiger partial charge in [-0.05, 0) is 24.6 Å². The van der Waals surface area contributed by atoms with Crippen molar-refractivity contribution in [2.75, 3.05) is 0 Å². The Bertz CT molecular complexity index is 1100. The molecule has 0 spiro atoms. The Balaban J connectivity index is 2.21. The number of H-pyrrole nitrogens is 1. The quantitative estimate of drug-likeness (QED) is 0.538. The second-order valence-electron chi connectivity index (χ2n) is 5.67. The zero-order chi connectivity index (χ0) is 16.8. The van der Waals surface area contributed by atoms with Crippen LogP contribution in [0.2, 0.25) is 5.02 Å². The van der Waals surface area contributed by atoms with Crippen molar-refractivity contribution in [3.63, 3.8) is 0 Å². The van der Waals surface area contributed by atoms with Crippen LogP contribution < -0.4 is 0 Å². The summed E-state index contributed by atoms with van der Waals surface area (Å²) in [6, 6.07) is 15.1. The van der Waals surface area contributed by atoms with Gasteiger partial charge in [0.2, 0.25) is 0 Å². The van der Waals surface area contributed by atoms with Gasteiger partial charge in [-0.1, -0.05) is 48.0 Å². The van der Waals surface area contributed by atoms with Crippen LogP contribution in [0.25, 0.3) is 33.1 Å². The van der Waals surface area contributed by atoms with E-state index in [0.29, 0.717) is 16.3 Å². The minimum absolute atomic E-state index is 0.0669. The maximum Gasteiger partial charge on any atom is 0.354 e. The SMILES string of the molecule is Cc1c(C(=O)O)nc(-c2ccccc2)c2[nH]c3cc(Cl)ccc3c12. The highest BCUT2D eigenvalue weighted by molar-refractivity contribution is 6.31. The van der Waals surface area contributed by atoms with Crippen LogP contribution in [0, 0.1) is 6.92 Å². The van der Waals surface area contributed by atoms with Gasteiger partial charge in [0, 0.05) is 26.9 Å². The van der Waals surface area contributed by atoms with E-state index < -0.39 is 5.97 Å². The average Bonchev–Trinajstić information content (AvgIpc) is 2.94. The number of nitrogens with one attached hydrogen (secondary N) is 1. The Morgan fingerprint density at radius 2 is 1.92 bits per heavy atom. The van der Waals surface area contributed by atoms with Gasteiger partial charge >= 0.3 is 5.97 Å². The average molecular weight is 337 g/mol. The van der Waals surface area contributed by atoms with Crippen LogP contribution in [-0.2, 0) is 0 Å². The van der Waals surface area contributed by atoms with Gasteiger partial charge in [-0.3, -0.25) is 0 Å². The number of aromatic nitrogens is 2. The van der Waals surface area contributed by atoms with Crippen molar-refractivity contribution in [3.8, 4) is 11.3 Å². The summed E-state index contributed by atoms with van der Waals surface area (Å²) in [6.45, 7) is 1.79. The molecule has 4 aromatic rings. The number of aromatic amines is 1. The smallest absolute Gasteiger partial charge is 0.354 e. The van der Waals surface area contributed by atoms with Crippen LogP contribution in [0.1, 0.15) is 16.1 Å². The summed E-state index contributed by atoms with van der Waals surface area (Å²) in [7, 11) is 0. The van der Waals surface area contributed by atoms with Crippen LogP contribution in [0.5, 0.6) is 0 Å². The van der Waals surface area contributed by atoms with Gasteiger partial charge in [-0.25, -0.2) is 9.78 Å². The number of benzene rings is 2. The standard InChI is InChI=1S/C19H13ClN2O2/c1-10-15-13-8-7-12(20)9-14(13)21-18(15)17(22-16(10)19(23)24)11-5-3-2-4-6-11/h2-9,21H,1H3,(H,23,24). The molecule has 0 saturated carbocycles. The summed E-state index contributed by atoms with van der Waals surface area (Å²) in [5.41, 5.74) is 3.88. The first-order chi connectivity index (χ1) is 11.6. The van der Waals surface area contributed by atoms with Crippen molar-refractivity contribution in [2.24, 2.45) is 0 Å². The topological polar surface area (TPSA) is 66.0 Å². The number of carboxylic acid groups (broad SMARTS) is 1. The highest BCUT2D eigenvalue weighted by Gasteiger charge is 2.20. The van der Waals surface area contributed by atoms with E-state index in [9.17, 15) is 9.90 Å². The summed E-state index contributed by atoms with van der Waals surface area (Å²) in [6.07, 6.45) is 0. The Hall–Kier alpha value is -2.85. The number of nitrogens with zero attached hydrogens (tertiary/aromatic N) is 1. The molecule has 4 rings (SSSR count). The van der Waals surface area contributed by atoms with E-state index in [1.807, 2.05) is 42.5 Å². The van der Waals surface area contributed by atoms with Gasteiger partial charge in [0.1, 0.15) is 0 Å². The number of carboxylic acids is 1. The molecule has 0 aliphatic rings. The predicted molar refractivity (Wildman–Crippen MR) is 95.7 cm³/mol. The molecule has 2 N–H and O–H groups in total. The van der Waals surface area contributed by atoms with E-state index in [-0.39, 0.29) is 5.69 Å². The molecule has 2 aromatic carbocycles. The monoisotopic (exact) mass is 336 g/mol. The molecule has 0 fully saturated rings. The fraction of sp³-hybridized carbons (Fsp3) is 0.0526. The molecule has 0 amide bonds. The predicted octanol–water partition coefficient (Wildman–Crippen LogP) is 5.04. The zero-order valence-corrected chi connectivity index (χ0v) is 13.6. The minimum atomic E-state index is -1.03. The van der Waals surface area contributed by atoms with E-state index in [1.165, 1.54) is 0 Å². The second-order valence-corrected chi connectivity index (χ2v) is 6.11. The number of carbonyl (C=O) groups is 1. The largest absolute Gasteiger partial charge is 0.477 e. The summed E-state index contributed by atoms with van der Waals surface area (Å²) in [5.74, 6) is -1.03. The fourth-order valence-corrected chi connectivity index (χ4v) is 3.29. The van der Waals surface area contributed by atoms with Crippen LogP contribution in [-0.4, -0.2) is 21.0 Å². The summed E-state index contributed by atoms with van der Waals surface area (Å²) in [5, 5.41) is 12.0. The van der Waals surface area contributed by atoms with Gasteiger partial charge in [0.25, 0.3) is 0 Å². The number of hydrogen-bond donors (Lipinski definition) is 2. The number of aryl methyl sites for hydroxylation is 1. The van der Waals surface area contributed by atoms with Crippen LogP contribution >= 0.6 is 11.6 Å². The van der Waals surface area contributed by atoms with Crippen LogP contribution in [0.15, 0.2) is 48.5 Å². The number of halogens is 1. The maximum atomic E-state index is 11.7. The normalized spacial score (nSPS) is 11.2. The molecule has 2 heterocycles. The number of fused-ring (bicyclic) bond motifs is 3. The van der Waals surface area contributed by atoms with E-state index in [2.05, 4.69) is 9.97 Å². The van der Waals surface area contributed by atoms with Crippen molar-refractivity contribution in [3.05, 3.63) is 64.8 Å². The Labute approximate surface area is 142 Å². The van der Waals surface area contributed by atoms with Gasteiger partial charge in [-0.15, -0.1) is 0 Å². The van der Waals surface area contributed by atoms with Gasteiger partial charge in [-0.2, -0.15) is 0 Å². The van der Waals surface area contributed by atoms with Crippen molar-refractivity contribution < 1.29 is 9.90 Å². The van der Waals surface area contributed by atoms with Crippen molar-refractivity contribution in [2.45, 2.75) is 6.92 Å². The lowest BCUT2D eigenvalue weighted by Crippen LogP contribution is -2.05. The second kappa shape index (κ2) is 5.35. The number of pyridine rings is 1. The van der Waals surface area contributed by atoms with Crippen molar-refractivity contribution in [1.82, 2.24) is 9.97 Å². The summed E-state index contributed by atoms with van der Waals surface area (Å²) < 4.78 is 0. The van der Waals surface area contributed by atoms with E-state index in [1.54, 1.807) is 13.0 Å². The lowest BCUT2D eigenvalue weighted by molar-refractivity contribution is 0.0690. The third-order valence-electron chi connectivity index (χ3n) is 4.20. The summed E-state index contributed by atoms with van der Waals surface area (Å²) >= 11 is 6.09. The van der Waals surface area contributed by atoms with Gasteiger partial charge in [0.15, 0.2) is 5.69 Å². The fourth-order valence-electron chi connectivity index (χ4n) is 3.12. The highest BCUT2D eigenvalue weighted by atomic mass is 35.5. The first-order valence-electron chi connectivity index (χ1n) is 7.46. The molecule has 5 heteroatoms. The Kier molecular flexibility index (Phi) is 3.28. The molecule has 24 heavy (non-hydrogen) atoms. The number of hydrogen-bond acceptors (Lipinski definition) is 2. The molecular formula is C19H13ClN2O2. The molecule has 0 aliphatic carbocycles. The minimum Gasteiger partial charge on any atom is -0.477 e. The number of rotatable bonds is 2. The third kappa shape index (κ3) is 2.15.